The summed E-state index contributed by atoms with van der Waals surface area (Å²) in [5, 5.41) is 10.4. The zero-order valence-electron chi connectivity index (χ0n) is 18.3. The molecule has 0 aliphatic rings. The van der Waals surface area contributed by atoms with E-state index < -0.39 is 0 Å². The zero-order chi connectivity index (χ0) is 23.5. The highest BCUT2D eigenvalue weighted by Crippen LogP contribution is 2.34. The van der Waals surface area contributed by atoms with E-state index >= 15 is 0 Å². The molecule has 6 nitrogen and oxygen atoms in total. The Morgan fingerprint density at radius 1 is 1.14 bits per heavy atom. The summed E-state index contributed by atoms with van der Waals surface area (Å²) in [5.41, 5.74) is 3.08. The first kappa shape index (κ1) is 24.5. The van der Waals surface area contributed by atoms with Crippen molar-refractivity contribution in [2.45, 2.75) is 13.0 Å². The zero-order valence-corrected chi connectivity index (χ0v) is 20.6. The first-order valence-corrected chi connectivity index (χ1v) is 11.5. The Labute approximate surface area is 216 Å². The second-order valence-electron chi connectivity index (χ2n) is 7.37. The van der Waals surface area contributed by atoms with Crippen molar-refractivity contribution in [2.24, 2.45) is 0 Å². The number of hydrogen-bond acceptors (Lipinski definition) is 6. The largest absolute Gasteiger partial charge is 0.484 e. The molecule has 5 rings (SSSR count). The summed E-state index contributed by atoms with van der Waals surface area (Å²) in [6.07, 6.45) is 4.55. The minimum Gasteiger partial charge on any atom is -0.484 e. The molecule has 0 fully saturated rings. The molecule has 0 amide bonds. The fourth-order valence-corrected chi connectivity index (χ4v) is 4.42. The number of ether oxygens (including phenoxy) is 1. The van der Waals surface area contributed by atoms with Crippen LogP contribution in [0, 0.1) is 17.7 Å². The highest BCUT2D eigenvalue weighted by molar-refractivity contribution is 7.20. The van der Waals surface area contributed by atoms with Crippen molar-refractivity contribution in [1.29, 1.82) is 0 Å². The van der Waals surface area contributed by atoms with Crippen molar-refractivity contribution in [2.75, 3.05) is 5.32 Å². The lowest BCUT2D eigenvalue weighted by molar-refractivity contribution is 0.226. The van der Waals surface area contributed by atoms with Crippen LogP contribution in [0.1, 0.15) is 29.0 Å². The minimum absolute atomic E-state index is 0. The van der Waals surface area contributed by atoms with E-state index in [1.54, 1.807) is 30.6 Å². The van der Waals surface area contributed by atoms with Crippen LogP contribution in [0.15, 0.2) is 67.3 Å². The van der Waals surface area contributed by atoms with Gasteiger partial charge in [-0.15, -0.1) is 23.7 Å². The van der Waals surface area contributed by atoms with Gasteiger partial charge in [-0.3, -0.25) is 5.10 Å². The number of fused-ring (bicyclic) bond motifs is 1. The van der Waals surface area contributed by atoms with Crippen LogP contribution >= 0.6 is 35.3 Å². The Hall–Kier alpha value is -3.64. The number of rotatable bonds is 5. The van der Waals surface area contributed by atoms with Gasteiger partial charge >= 0.3 is 0 Å². The monoisotopic (exact) mass is 525 g/mol. The summed E-state index contributed by atoms with van der Waals surface area (Å²) < 4.78 is 20.3. The molecule has 0 saturated heterocycles. The van der Waals surface area contributed by atoms with Crippen LogP contribution in [0.5, 0.6) is 5.75 Å². The molecule has 0 aliphatic heterocycles. The Morgan fingerprint density at radius 2 is 2.03 bits per heavy atom. The molecule has 0 aliphatic carbocycles. The standard InChI is InChI=1S/C25H17ClFN5OS.ClH/c1-15(17-3-2-4-18(27)9-17)33-23-8-6-19(10-21(23)26)32-25-24-22(28-14-29-25)11-20(34-24)7-5-16-12-30-31-13-16;/h2-4,6,8-15H,1H3,(H,30,31)(H,28,29,32);1H. The van der Waals surface area contributed by atoms with Crippen molar-refractivity contribution in [3.63, 3.8) is 0 Å². The molecule has 10 heteroatoms. The van der Waals surface area contributed by atoms with E-state index in [0.717, 1.165) is 31.9 Å². The number of aromatic nitrogens is 4. The van der Waals surface area contributed by atoms with Gasteiger partial charge in [0.15, 0.2) is 5.82 Å². The van der Waals surface area contributed by atoms with Crippen LogP contribution < -0.4 is 10.1 Å². The fraction of sp³-hybridized carbons (Fsp3) is 0.0800. The second-order valence-corrected chi connectivity index (χ2v) is 8.83. The van der Waals surface area contributed by atoms with Crippen molar-refractivity contribution in [1.82, 2.24) is 20.2 Å². The van der Waals surface area contributed by atoms with Gasteiger partial charge in [-0.1, -0.05) is 35.6 Å². The third-order valence-electron chi connectivity index (χ3n) is 4.96. The van der Waals surface area contributed by atoms with Crippen LogP contribution in [0.4, 0.5) is 15.9 Å². The lowest BCUT2D eigenvalue weighted by atomic mass is 10.1. The third-order valence-corrected chi connectivity index (χ3v) is 6.30. The van der Waals surface area contributed by atoms with Crippen LogP contribution in [0.25, 0.3) is 10.2 Å². The Morgan fingerprint density at radius 3 is 2.80 bits per heavy atom. The van der Waals surface area contributed by atoms with Gasteiger partial charge in [-0.2, -0.15) is 5.10 Å². The summed E-state index contributed by atoms with van der Waals surface area (Å²) in [6.45, 7) is 1.85. The van der Waals surface area contributed by atoms with Gasteiger partial charge in [0.05, 0.1) is 31.9 Å². The van der Waals surface area contributed by atoms with Crippen LogP contribution in [0.2, 0.25) is 5.02 Å². The number of nitrogens with zero attached hydrogens (tertiary/aromatic N) is 3. The molecular formula is C25H18Cl2FN5OS. The molecule has 176 valence electrons. The Kier molecular flexibility index (Phi) is 7.51. The molecule has 1 atom stereocenters. The quantitative estimate of drug-likeness (QED) is 0.244. The lowest BCUT2D eigenvalue weighted by Crippen LogP contribution is -2.04. The predicted octanol–water partition coefficient (Wildman–Crippen LogP) is 6.91. The molecule has 3 heterocycles. The number of H-pyrrole nitrogens is 1. The number of halogens is 3. The Bertz CT molecular complexity index is 1530. The highest BCUT2D eigenvalue weighted by Gasteiger charge is 2.13. The van der Waals surface area contributed by atoms with E-state index in [0.29, 0.717) is 16.6 Å². The summed E-state index contributed by atoms with van der Waals surface area (Å²) in [6, 6.07) is 13.6. The summed E-state index contributed by atoms with van der Waals surface area (Å²) in [4.78, 5) is 9.61. The molecule has 2 aromatic carbocycles. The van der Waals surface area contributed by atoms with Gasteiger partial charge < -0.3 is 10.1 Å². The summed E-state index contributed by atoms with van der Waals surface area (Å²) >= 11 is 7.98. The molecule has 3 aromatic heterocycles. The van der Waals surface area contributed by atoms with E-state index in [-0.39, 0.29) is 24.3 Å². The molecular weight excluding hydrogens is 508 g/mol. The molecule has 35 heavy (non-hydrogen) atoms. The van der Waals surface area contributed by atoms with Gasteiger partial charge in [-0.05, 0) is 48.9 Å². The van der Waals surface area contributed by atoms with E-state index in [1.165, 1.54) is 29.8 Å². The maximum Gasteiger partial charge on any atom is 0.151 e. The highest BCUT2D eigenvalue weighted by atomic mass is 35.5. The van der Waals surface area contributed by atoms with Gasteiger partial charge in [0.25, 0.3) is 0 Å². The van der Waals surface area contributed by atoms with Crippen molar-refractivity contribution < 1.29 is 9.13 Å². The normalized spacial score (nSPS) is 11.3. The number of nitrogens with one attached hydrogen (secondary N) is 2. The predicted molar refractivity (Wildman–Crippen MR) is 139 cm³/mol. The van der Waals surface area contributed by atoms with E-state index in [1.807, 2.05) is 25.1 Å². The molecule has 0 bridgehead atoms. The Balaban J connectivity index is 0.00000289. The maximum atomic E-state index is 13.5. The van der Waals surface area contributed by atoms with Crippen molar-refractivity contribution in [3.05, 3.63) is 94.1 Å². The average Bonchev–Trinajstić information content (AvgIpc) is 3.49. The number of anilines is 2. The van der Waals surface area contributed by atoms with Crippen molar-refractivity contribution >= 4 is 57.1 Å². The minimum atomic E-state index is -0.360. The topological polar surface area (TPSA) is 75.7 Å². The number of aromatic amines is 1. The first-order chi connectivity index (χ1) is 16.5. The molecule has 2 N–H and O–H groups in total. The number of thiophene rings is 1. The molecule has 0 saturated carbocycles. The molecule has 0 spiro atoms. The molecule has 5 aromatic rings. The van der Waals surface area contributed by atoms with Gasteiger partial charge in [0, 0.05) is 11.9 Å². The van der Waals surface area contributed by atoms with Gasteiger partial charge in [0.2, 0.25) is 0 Å². The summed E-state index contributed by atoms with van der Waals surface area (Å²) in [7, 11) is 0. The van der Waals surface area contributed by atoms with Crippen LogP contribution in [0.3, 0.4) is 0 Å². The second kappa shape index (κ2) is 10.7. The fourth-order valence-electron chi connectivity index (χ4n) is 3.29. The molecule has 0 radical (unpaired) electrons. The van der Waals surface area contributed by atoms with Crippen molar-refractivity contribution in [3.8, 4) is 17.6 Å². The number of hydrogen-bond donors (Lipinski definition) is 2. The first-order valence-electron chi connectivity index (χ1n) is 10.3. The smallest absolute Gasteiger partial charge is 0.151 e. The SMILES string of the molecule is CC(Oc1ccc(Nc2ncnc3cc(C#Cc4cn[nH]c4)sc23)cc1Cl)c1cccc(F)c1.Cl. The number of benzene rings is 2. The third kappa shape index (κ3) is 5.72. The maximum absolute atomic E-state index is 13.5. The van der Waals surface area contributed by atoms with Crippen LogP contribution in [-0.4, -0.2) is 20.2 Å². The van der Waals surface area contributed by atoms with Crippen LogP contribution in [-0.2, 0) is 0 Å². The van der Waals surface area contributed by atoms with E-state index in [4.69, 9.17) is 16.3 Å². The van der Waals surface area contributed by atoms with Gasteiger partial charge in [0.1, 0.15) is 24.0 Å². The average molecular weight is 526 g/mol. The van der Waals surface area contributed by atoms with Gasteiger partial charge in [-0.25, -0.2) is 14.4 Å². The summed E-state index contributed by atoms with van der Waals surface area (Å²) in [5.74, 6) is 7.05. The lowest BCUT2D eigenvalue weighted by Gasteiger charge is -2.17. The molecule has 1 unspecified atom stereocenters. The van der Waals surface area contributed by atoms with E-state index in [9.17, 15) is 4.39 Å². The van der Waals surface area contributed by atoms with E-state index in [2.05, 4.69) is 37.3 Å².